The molecule has 1 amide bonds. The van der Waals surface area contributed by atoms with Crippen molar-refractivity contribution in [2.75, 3.05) is 18.6 Å². The van der Waals surface area contributed by atoms with Crippen molar-refractivity contribution >= 4 is 34.8 Å². The molecule has 0 bridgehead atoms. The molecule has 0 aliphatic carbocycles. The molecule has 0 saturated carbocycles. The molecule has 0 unspecified atom stereocenters. The van der Waals surface area contributed by atoms with Gasteiger partial charge in [-0.3, -0.25) is 9.48 Å². The van der Waals surface area contributed by atoms with E-state index in [1.54, 1.807) is 53.4 Å². The number of hydrogen-bond donors (Lipinski definition) is 0. The van der Waals surface area contributed by atoms with E-state index in [9.17, 15) is 4.79 Å². The molecule has 1 aliphatic rings. The highest BCUT2D eigenvalue weighted by atomic mass is 35.5. The molecule has 2 aromatic heterocycles. The lowest BCUT2D eigenvalue weighted by molar-refractivity contribution is 0.0954. The van der Waals surface area contributed by atoms with Crippen molar-refractivity contribution in [1.29, 1.82) is 0 Å². The number of methoxy groups -OCH3 is 1. The van der Waals surface area contributed by atoms with Crippen LogP contribution in [0.3, 0.4) is 0 Å². The Bertz CT molecular complexity index is 1030. The van der Waals surface area contributed by atoms with Crippen LogP contribution in [-0.2, 0) is 0 Å². The zero-order chi connectivity index (χ0) is 19.1. The SMILES string of the molecule is COc1cc(-c2cnn3c2C(=O)N(c2ccc(Cl)c(Cl)c2)C[C@@H]3C)ccn1. The smallest absolute Gasteiger partial charge is 0.277 e. The van der Waals surface area contributed by atoms with Gasteiger partial charge in [-0.15, -0.1) is 0 Å². The minimum Gasteiger partial charge on any atom is -0.481 e. The topological polar surface area (TPSA) is 60.3 Å². The summed E-state index contributed by atoms with van der Waals surface area (Å²) in [6.45, 7) is 2.51. The predicted molar refractivity (Wildman–Crippen MR) is 105 cm³/mol. The Morgan fingerprint density at radius 3 is 2.74 bits per heavy atom. The van der Waals surface area contributed by atoms with E-state index in [0.717, 1.165) is 11.1 Å². The zero-order valence-corrected chi connectivity index (χ0v) is 16.2. The van der Waals surface area contributed by atoms with Gasteiger partial charge < -0.3 is 9.64 Å². The normalized spacial score (nSPS) is 16.4. The van der Waals surface area contributed by atoms with Gasteiger partial charge in [0.1, 0.15) is 5.69 Å². The first-order valence-electron chi connectivity index (χ1n) is 8.34. The quantitative estimate of drug-likeness (QED) is 0.647. The Labute approximate surface area is 166 Å². The van der Waals surface area contributed by atoms with E-state index in [2.05, 4.69) is 10.1 Å². The molecule has 0 fully saturated rings. The van der Waals surface area contributed by atoms with Gasteiger partial charge in [0.05, 0.1) is 29.4 Å². The number of aromatic nitrogens is 3. The second-order valence-electron chi connectivity index (χ2n) is 6.30. The Hall–Kier alpha value is -2.57. The van der Waals surface area contributed by atoms with Gasteiger partial charge >= 0.3 is 0 Å². The van der Waals surface area contributed by atoms with Gasteiger partial charge in [0.15, 0.2) is 0 Å². The molecule has 8 heteroatoms. The third-order valence-electron chi connectivity index (χ3n) is 4.58. The molecule has 3 aromatic rings. The van der Waals surface area contributed by atoms with Gasteiger partial charge in [0.25, 0.3) is 5.91 Å². The van der Waals surface area contributed by atoms with Crippen LogP contribution in [0.25, 0.3) is 11.1 Å². The summed E-state index contributed by atoms with van der Waals surface area (Å²) in [4.78, 5) is 19.1. The van der Waals surface area contributed by atoms with Gasteiger partial charge in [-0.25, -0.2) is 4.98 Å². The van der Waals surface area contributed by atoms with E-state index in [1.165, 1.54) is 0 Å². The molecular formula is C19H16Cl2N4O2. The van der Waals surface area contributed by atoms with Crippen molar-refractivity contribution in [3.05, 3.63) is 58.5 Å². The Morgan fingerprint density at radius 1 is 1.19 bits per heavy atom. The lowest BCUT2D eigenvalue weighted by atomic mass is 10.0. The molecule has 1 aromatic carbocycles. The second kappa shape index (κ2) is 6.87. The number of rotatable bonds is 3. The first-order chi connectivity index (χ1) is 13.0. The maximum absolute atomic E-state index is 13.3. The van der Waals surface area contributed by atoms with Crippen molar-refractivity contribution in [2.24, 2.45) is 0 Å². The summed E-state index contributed by atoms with van der Waals surface area (Å²) in [7, 11) is 1.55. The van der Waals surface area contributed by atoms with Gasteiger partial charge in [0, 0.05) is 30.1 Å². The fraction of sp³-hybridized carbons (Fsp3) is 0.211. The van der Waals surface area contributed by atoms with Crippen LogP contribution in [0.2, 0.25) is 10.0 Å². The number of carbonyl (C=O) groups is 1. The lowest BCUT2D eigenvalue weighted by Crippen LogP contribution is -2.42. The van der Waals surface area contributed by atoms with Crippen molar-refractivity contribution < 1.29 is 9.53 Å². The molecule has 1 aliphatic heterocycles. The van der Waals surface area contributed by atoms with Crippen molar-refractivity contribution in [2.45, 2.75) is 13.0 Å². The third-order valence-corrected chi connectivity index (χ3v) is 5.32. The minimum atomic E-state index is -0.144. The monoisotopic (exact) mass is 402 g/mol. The molecule has 0 N–H and O–H groups in total. The molecule has 0 radical (unpaired) electrons. The Morgan fingerprint density at radius 2 is 2.00 bits per heavy atom. The molecule has 4 rings (SSSR count). The average molecular weight is 403 g/mol. The van der Waals surface area contributed by atoms with Gasteiger partial charge in [-0.2, -0.15) is 5.10 Å². The maximum Gasteiger partial charge on any atom is 0.277 e. The first kappa shape index (κ1) is 17.8. The van der Waals surface area contributed by atoms with Crippen LogP contribution in [0.15, 0.2) is 42.7 Å². The third kappa shape index (κ3) is 3.05. The number of halogens is 2. The van der Waals surface area contributed by atoms with Gasteiger partial charge in [-0.1, -0.05) is 23.2 Å². The summed E-state index contributed by atoms with van der Waals surface area (Å²) in [5.74, 6) is 0.333. The lowest BCUT2D eigenvalue weighted by Gasteiger charge is -2.32. The number of benzene rings is 1. The standard InChI is InChI=1S/C19H16Cl2N4O2/c1-11-10-24(13-3-4-15(20)16(21)8-13)19(26)18-14(9-23-25(11)18)12-5-6-22-17(7-12)27-2/h3-9,11H,10H2,1-2H3/t11-/m0/s1. The molecule has 6 nitrogen and oxygen atoms in total. The fourth-order valence-corrected chi connectivity index (χ4v) is 3.53. The average Bonchev–Trinajstić information content (AvgIpc) is 3.13. The molecule has 27 heavy (non-hydrogen) atoms. The van der Waals surface area contributed by atoms with Crippen LogP contribution < -0.4 is 9.64 Å². The number of carbonyl (C=O) groups excluding carboxylic acids is 1. The fourth-order valence-electron chi connectivity index (χ4n) is 3.24. The minimum absolute atomic E-state index is 0.00429. The van der Waals surface area contributed by atoms with E-state index in [1.807, 2.05) is 13.0 Å². The number of anilines is 1. The largest absolute Gasteiger partial charge is 0.481 e. The highest BCUT2D eigenvalue weighted by Crippen LogP contribution is 2.35. The summed E-state index contributed by atoms with van der Waals surface area (Å²) in [6, 6.07) is 8.81. The second-order valence-corrected chi connectivity index (χ2v) is 7.12. The van der Waals surface area contributed by atoms with Crippen LogP contribution >= 0.6 is 23.2 Å². The van der Waals surface area contributed by atoms with E-state index in [4.69, 9.17) is 27.9 Å². The summed E-state index contributed by atoms with van der Waals surface area (Å²) in [5.41, 5.74) is 2.77. The van der Waals surface area contributed by atoms with Gasteiger partial charge in [-0.05, 0) is 36.8 Å². The van der Waals surface area contributed by atoms with Gasteiger partial charge in [0.2, 0.25) is 5.88 Å². The molecular weight excluding hydrogens is 387 g/mol. The molecule has 1 atom stereocenters. The van der Waals surface area contributed by atoms with E-state index < -0.39 is 0 Å². The van der Waals surface area contributed by atoms with Crippen LogP contribution in [0, 0.1) is 0 Å². The number of amides is 1. The number of nitrogens with zero attached hydrogens (tertiary/aromatic N) is 4. The molecule has 0 spiro atoms. The predicted octanol–water partition coefficient (Wildman–Crippen LogP) is 4.48. The number of fused-ring (bicyclic) bond motifs is 1. The number of pyridine rings is 1. The molecule has 0 saturated heterocycles. The van der Waals surface area contributed by atoms with Crippen molar-refractivity contribution in [3.8, 4) is 17.0 Å². The number of ether oxygens (including phenoxy) is 1. The number of hydrogen-bond acceptors (Lipinski definition) is 4. The molecule has 3 heterocycles. The highest BCUT2D eigenvalue weighted by molar-refractivity contribution is 6.42. The molecule has 138 valence electrons. The zero-order valence-electron chi connectivity index (χ0n) is 14.7. The Kier molecular flexibility index (Phi) is 4.53. The Balaban J connectivity index is 1.80. The van der Waals surface area contributed by atoms with E-state index >= 15 is 0 Å². The van der Waals surface area contributed by atoms with Crippen LogP contribution in [0.4, 0.5) is 5.69 Å². The van der Waals surface area contributed by atoms with E-state index in [0.29, 0.717) is 33.9 Å². The van der Waals surface area contributed by atoms with Crippen LogP contribution in [0.1, 0.15) is 23.5 Å². The summed E-state index contributed by atoms with van der Waals surface area (Å²) in [5, 5.41) is 5.30. The van der Waals surface area contributed by atoms with E-state index in [-0.39, 0.29) is 11.9 Å². The van der Waals surface area contributed by atoms with Crippen molar-refractivity contribution in [3.63, 3.8) is 0 Å². The highest BCUT2D eigenvalue weighted by Gasteiger charge is 2.34. The first-order valence-corrected chi connectivity index (χ1v) is 9.10. The summed E-state index contributed by atoms with van der Waals surface area (Å²) < 4.78 is 6.96. The van der Waals surface area contributed by atoms with Crippen molar-refractivity contribution in [1.82, 2.24) is 14.8 Å². The summed E-state index contributed by atoms with van der Waals surface area (Å²) in [6.07, 6.45) is 3.35. The van der Waals surface area contributed by atoms with Crippen LogP contribution in [0.5, 0.6) is 5.88 Å². The maximum atomic E-state index is 13.3. The summed E-state index contributed by atoms with van der Waals surface area (Å²) >= 11 is 12.2. The van der Waals surface area contributed by atoms with Crippen LogP contribution in [-0.4, -0.2) is 34.3 Å².